The van der Waals surface area contributed by atoms with Crippen LogP contribution in [0.3, 0.4) is 0 Å². The molecule has 0 unspecified atom stereocenters. The third kappa shape index (κ3) is 4.22. The Bertz CT molecular complexity index is 1140. The first-order valence-electron chi connectivity index (χ1n) is 9.87. The van der Waals surface area contributed by atoms with Crippen molar-refractivity contribution in [3.05, 3.63) is 65.9 Å². The van der Waals surface area contributed by atoms with Gasteiger partial charge in [0.1, 0.15) is 6.07 Å². The molecule has 2 aromatic carbocycles. The topological polar surface area (TPSA) is 99.2 Å². The molecule has 2 heterocycles. The highest BCUT2D eigenvalue weighted by atomic mass is 32.2. The third-order valence-electron chi connectivity index (χ3n) is 5.08. The number of nitriles is 1. The Hall–Kier alpha value is -3.15. The molecule has 0 saturated carbocycles. The number of anilines is 1. The van der Waals surface area contributed by atoms with Crippen LogP contribution in [0.25, 0.3) is 11.5 Å². The summed E-state index contributed by atoms with van der Waals surface area (Å²) in [4.78, 5) is 4.50. The average Bonchev–Trinajstić information content (AvgIpc) is 3.45. The number of oxazole rings is 1. The fourth-order valence-corrected chi connectivity index (χ4v) is 4.97. The van der Waals surface area contributed by atoms with Crippen LogP contribution in [-0.2, 0) is 16.4 Å². The van der Waals surface area contributed by atoms with Gasteiger partial charge in [-0.1, -0.05) is 30.3 Å². The number of nitrogens with zero attached hydrogens (tertiary/aromatic N) is 3. The fourth-order valence-electron chi connectivity index (χ4n) is 3.45. The van der Waals surface area contributed by atoms with E-state index in [9.17, 15) is 13.7 Å². The predicted molar refractivity (Wildman–Crippen MR) is 113 cm³/mol. The molecule has 0 radical (unpaired) electrons. The molecule has 1 aromatic heterocycles. The van der Waals surface area contributed by atoms with Gasteiger partial charge in [-0.15, -0.1) is 0 Å². The highest BCUT2D eigenvalue weighted by molar-refractivity contribution is 7.89. The van der Waals surface area contributed by atoms with Gasteiger partial charge < -0.3 is 9.73 Å². The number of nitrogens with one attached hydrogen (secondary N) is 1. The molecule has 0 spiro atoms. The lowest BCUT2D eigenvalue weighted by Gasteiger charge is -2.15. The first-order valence-corrected chi connectivity index (χ1v) is 11.3. The molecule has 3 aromatic rings. The van der Waals surface area contributed by atoms with Gasteiger partial charge in [-0.25, -0.2) is 8.42 Å². The van der Waals surface area contributed by atoms with Crippen molar-refractivity contribution in [1.29, 1.82) is 5.26 Å². The van der Waals surface area contributed by atoms with E-state index in [1.807, 2.05) is 36.4 Å². The maximum atomic E-state index is 12.7. The SMILES string of the molecule is N#Cc1nc(-c2ccc(S(=O)(=O)N3CCCC3)cc2)oc1NCCc1ccccc1. The van der Waals surface area contributed by atoms with Gasteiger partial charge in [0.25, 0.3) is 0 Å². The molecule has 0 bridgehead atoms. The summed E-state index contributed by atoms with van der Waals surface area (Å²) in [6.07, 6.45) is 2.57. The number of hydrogen-bond acceptors (Lipinski definition) is 6. The van der Waals surface area contributed by atoms with Crippen molar-refractivity contribution in [3.8, 4) is 17.5 Å². The fraction of sp³-hybridized carbons (Fsp3) is 0.273. The summed E-state index contributed by atoms with van der Waals surface area (Å²) < 4.78 is 32.6. The van der Waals surface area contributed by atoms with E-state index in [0.29, 0.717) is 31.1 Å². The lowest BCUT2D eigenvalue weighted by Crippen LogP contribution is -2.27. The molecule has 1 aliphatic rings. The first-order chi connectivity index (χ1) is 14.6. The minimum absolute atomic E-state index is 0.173. The van der Waals surface area contributed by atoms with Gasteiger partial charge >= 0.3 is 0 Å². The van der Waals surface area contributed by atoms with E-state index in [1.165, 1.54) is 9.87 Å². The van der Waals surface area contributed by atoms with Gasteiger partial charge in [-0.3, -0.25) is 0 Å². The van der Waals surface area contributed by atoms with Gasteiger partial charge in [-0.2, -0.15) is 14.6 Å². The summed E-state index contributed by atoms with van der Waals surface area (Å²) in [7, 11) is -3.47. The van der Waals surface area contributed by atoms with Crippen molar-refractivity contribution in [2.75, 3.05) is 25.0 Å². The van der Waals surface area contributed by atoms with E-state index in [1.54, 1.807) is 24.3 Å². The molecule has 1 N–H and O–H groups in total. The van der Waals surface area contributed by atoms with E-state index >= 15 is 0 Å². The van der Waals surface area contributed by atoms with E-state index in [2.05, 4.69) is 10.3 Å². The highest BCUT2D eigenvalue weighted by Gasteiger charge is 2.27. The van der Waals surface area contributed by atoms with Crippen molar-refractivity contribution < 1.29 is 12.8 Å². The van der Waals surface area contributed by atoms with Gasteiger partial charge in [-0.05, 0) is 49.1 Å². The van der Waals surface area contributed by atoms with E-state index in [4.69, 9.17) is 4.42 Å². The van der Waals surface area contributed by atoms with Crippen molar-refractivity contribution >= 4 is 15.9 Å². The Morgan fingerprint density at radius 2 is 1.77 bits per heavy atom. The zero-order valence-corrected chi connectivity index (χ0v) is 17.2. The summed E-state index contributed by atoms with van der Waals surface area (Å²) >= 11 is 0. The predicted octanol–water partition coefficient (Wildman–Crippen LogP) is 3.65. The van der Waals surface area contributed by atoms with E-state index < -0.39 is 10.0 Å². The van der Waals surface area contributed by atoms with Gasteiger partial charge in [0.05, 0.1) is 4.90 Å². The Balaban J connectivity index is 1.48. The molecule has 1 fully saturated rings. The first kappa shape index (κ1) is 20.1. The zero-order chi connectivity index (χ0) is 21.0. The number of rotatable bonds is 7. The molecule has 8 heteroatoms. The second kappa shape index (κ2) is 8.69. The van der Waals surface area contributed by atoms with Crippen LogP contribution in [-0.4, -0.2) is 37.3 Å². The Morgan fingerprint density at radius 3 is 2.43 bits per heavy atom. The molecular weight excluding hydrogens is 400 g/mol. The summed E-state index contributed by atoms with van der Waals surface area (Å²) in [5, 5.41) is 12.5. The van der Waals surface area contributed by atoms with Crippen LogP contribution in [0.4, 0.5) is 5.88 Å². The molecule has 154 valence electrons. The van der Waals surface area contributed by atoms with Crippen molar-refractivity contribution in [3.63, 3.8) is 0 Å². The Kier molecular flexibility index (Phi) is 5.84. The number of sulfonamides is 1. The van der Waals surface area contributed by atoms with E-state index in [0.717, 1.165) is 19.3 Å². The second-order valence-corrected chi connectivity index (χ2v) is 9.04. The zero-order valence-electron chi connectivity index (χ0n) is 16.4. The second-order valence-electron chi connectivity index (χ2n) is 7.11. The quantitative estimate of drug-likeness (QED) is 0.624. The third-order valence-corrected chi connectivity index (χ3v) is 6.99. The van der Waals surface area contributed by atoms with Crippen molar-refractivity contribution in [2.45, 2.75) is 24.2 Å². The normalized spacial score (nSPS) is 14.5. The molecule has 0 atom stereocenters. The molecule has 7 nitrogen and oxygen atoms in total. The smallest absolute Gasteiger partial charge is 0.243 e. The maximum absolute atomic E-state index is 12.7. The lowest BCUT2D eigenvalue weighted by atomic mass is 10.1. The molecule has 30 heavy (non-hydrogen) atoms. The largest absolute Gasteiger partial charge is 0.419 e. The van der Waals surface area contributed by atoms with Gasteiger partial charge in [0.2, 0.25) is 27.5 Å². The summed E-state index contributed by atoms with van der Waals surface area (Å²) in [6, 6.07) is 18.5. The van der Waals surface area contributed by atoms with Gasteiger partial charge in [0.15, 0.2) is 0 Å². The van der Waals surface area contributed by atoms with Crippen LogP contribution in [0, 0.1) is 11.3 Å². The summed E-state index contributed by atoms with van der Waals surface area (Å²) in [5.41, 5.74) is 1.97. The monoisotopic (exact) mass is 422 g/mol. The van der Waals surface area contributed by atoms with Crippen LogP contribution in [0.1, 0.15) is 24.1 Å². The van der Waals surface area contributed by atoms with Gasteiger partial charge in [0, 0.05) is 25.2 Å². The lowest BCUT2D eigenvalue weighted by molar-refractivity contribution is 0.477. The highest BCUT2D eigenvalue weighted by Crippen LogP contribution is 2.27. The molecule has 0 amide bonds. The van der Waals surface area contributed by atoms with Crippen LogP contribution in [0.2, 0.25) is 0 Å². The van der Waals surface area contributed by atoms with E-state index in [-0.39, 0.29) is 16.5 Å². The number of aromatic nitrogens is 1. The Labute approximate surface area is 176 Å². The maximum Gasteiger partial charge on any atom is 0.243 e. The number of benzene rings is 2. The minimum Gasteiger partial charge on any atom is -0.419 e. The standard InChI is InChI=1S/C22H22N4O3S/c23-16-20-22(24-13-12-17-6-2-1-3-7-17)29-21(25-20)18-8-10-19(11-9-18)30(27,28)26-14-4-5-15-26/h1-3,6-11,24H,4-5,12-15H2. The number of hydrogen-bond donors (Lipinski definition) is 1. The van der Waals surface area contributed by atoms with Crippen LogP contribution >= 0.6 is 0 Å². The average molecular weight is 423 g/mol. The molecule has 4 rings (SSSR count). The molecule has 0 aliphatic carbocycles. The summed E-state index contributed by atoms with van der Waals surface area (Å²) in [6.45, 7) is 1.72. The van der Waals surface area contributed by atoms with Crippen molar-refractivity contribution in [1.82, 2.24) is 9.29 Å². The molecule has 1 aliphatic heterocycles. The molecule has 1 saturated heterocycles. The summed E-state index contributed by atoms with van der Waals surface area (Å²) in [5.74, 6) is 0.594. The van der Waals surface area contributed by atoms with Crippen LogP contribution in [0.5, 0.6) is 0 Å². The minimum atomic E-state index is -3.47. The Morgan fingerprint density at radius 1 is 1.07 bits per heavy atom. The van der Waals surface area contributed by atoms with Crippen LogP contribution in [0.15, 0.2) is 63.9 Å². The van der Waals surface area contributed by atoms with Crippen molar-refractivity contribution in [2.24, 2.45) is 0 Å². The molecular formula is C22H22N4O3S. The van der Waals surface area contributed by atoms with Crippen LogP contribution < -0.4 is 5.32 Å².